The molecule has 0 atom stereocenters. The van der Waals surface area contributed by atoms with E-state index >= 15 is 0 Å². The monoisotopic (exact) mass is 131 g/mol. The summed E-state index contributed by atoms with van der Waals surface area (Å²) in [5, 5.41) is 0. The molecular weight excluding hydrogens is 123 g/mol. The van der Waals surface area contributed by atoms with E-state index in [0.29, 0.717) is 0 Å². The zero-order chi connectivity index (χ0) is 5.82. The molecule has 0 aromatic heterocycles. The average molecular weight is 131 g/mol. The molecule has 1 aromatic rings. The second-order valence-corrected chi connectivity index (χ2v) is 1.52. The molecule has 0 heterocycles. The molecule has 0 unspecified atom stereocenters. The minimum atomic E-state index is 0. The van der Waals surface area contributed by atoms with Gasteiger partial charge in [-0.25, -0.2) is 0 Å². The van der Waals surface area contributed by atoms with Crippen molar-refractivity contribution in [2.45, 2.75) is 0 Å². The Kier molecular flexibility index (Phi) is 4.87. The van der Waals surface area contributed by atoms with Gasteiger partial charge in [-0.1, -0.05) is 18.2 Å². The molecule has 2 heteroatoms. The largest absolute Gasteiger partial charge is 0.497 e. The molecule has 0 N–H and O–H groups in total. The van der Waals surface area contributed by atoms with Crippen LogP contribution in [0.25, 0.3) is 0 Å². The van der Waals surface area contributed by atoms with Crippen LogP contribution in [-0.4, -0.2) is 36.7 Å². The Hall–Kier alpha value is 0.0200. The summed E-state index contributed by atoms with van der Waals surface area (Å²) in [6.45, 7) is 0. The summed E-state index contributed by atoms with van der Waals surface area (Å²) in [6, 6.07) is 9.68. The van der Waals surface area contributed by atoms with E-state index in [2.05, 4.69) is 0 Å². The van der Waals surface area contributed by atoms with Crippen molar-refractivity contribution in [3.63, 3.8) is 0 Å². The maximum Gasteiger partial charge on any atom is 0.118 e. The maximum atomic E-state index is 4.91. The van der Waals surface area contributed by atoms with Crippen molar-refractivity contribution in [2.75, 3.05) is 7.11 Å². The summed E-state index contributed by atoms with van der Waals surface area (Å²) in [4.78, 5) is 0. The van der Waals surface area contributed by atoms with Crippen molar-refractivity contribution in [1.82, 2.24) is 0 Å². The number of hydrogen-bond donors (Lipinski definition) is 0. The molecular formula is C7H8NaO. The Morgan fingerprint density at radius 1 is 1.11 bits per heavy atom. The first kappa shape index (κ1) is 9.02. The summed E-state index contributed by atoms with van der Waals surface area (Å²) in [6.07, 6.45) is 0. The quantitative estimate of drug-likeness (QED) is 0.522. The van der Waals surface area contributed by atoms with Gasteiger partial charge < -0.3 is 4.74 Å². The zero-order valence-corrected chi connectivity index (χ0v) is 7.79. The van der Waals surface area contributed by atoms with E-state index in [9.17, 15) is 0 Å². The Bertz CT molecular complexity index is 150. The Balaban J connectivity index is 0.000000640. The molecule has 0 aliphatic carbocycles. The summed E-state index contributed by atoms with van der Waals surface area (Å²) in [7, 11) is 1.66. The normalized spacial score (nSPS) is 7.67. The Morgan fingerprint density at radius 2 is 1.67 bits per heavy atom. The molecule has 0 saturated carbocycles. The number of benzene rings is 1. The van der Waals surface area contributed by atoms with Crippen LogP contribution in [0.15, 0.2) is 30.3 Å². The minimum Gasteiger partial charge on any atom is -0.497 e. The van der Waals surface area contributed by atoms with E-state index in [4.69, 9.17) is 4.74 Å². The third kappa shape index (κ3) is 2.89. The summed E-state index contributed by atoms with van der Waals surface area (Å²) in [5.74, 6) is 0.910. The zero-order valence-electron chi connectivity index (χ0n) is 5.79. The van der Waals surface area contributed by atoms with Gasteiger partial charge in [0.05, 0.1) is 7.11 Å². The second kappa shape index (κ2) is 4.86. The van der Waals surface area contributed by atoms with Gasteiger partial charge in [0.25, 0.3) is 0 Å². The van der Waals surface area contributed by atoms with E-state index < -0.39 is 0 Å². The Labute approximate surface area is 77.3 Å². The molecule has 0 aliphatic heterocycles. The van der Waals surface area contributed by atoms with Crippen LogP contribution < -0.4 is 4.74 Å². The molecule has 1 rings (SSSR count). The first-order valence-corrected chi connectivity index (χ1v) is 2.52. The van der Waals surface area contributed by atoms with Crippen LogP contribution in [-0.2, 0) is 0 Å². The molecule has 0 aliphatic rings. The van der Waals surface area contributed by atoms with Crippen LogP contribution in [0.2, 0.25) is 0 Å². The molecule has 1 aromatic carbocycles. The van der Waals surface area contributed by atoms with Gasteiger partial charge in [0.1, 0.15) is 5.75 Å². The first-order valence-electron chi connectivity index (χ1n) is 2.52. The van der Waals surface area contributed by atoms with Crippen molar-refractivity contribution in [1.29, 1.82) is 0 Å². The number of para-hydroxylation sites is 1. The van der Waals surface area contributed by atoms with Crippen LogP contribution in [0.4, 0.5) is 0 Å². The molecule has 9 heavy (non-hydrogen) atoms. The number of ether oxygens (including phenoxy) is 1. The fourth-order valence-electron chi connectivity index (χ4n) is 0.557. The van der Waals surface area contributed by atoms with Crippen LogP contribution in [0.3, 0.4) is 0 Å². The maximum absolute atomic E-state index is 4.91. The second-order valence-electron chi connectivity index (χ2n) is 1.52. The summed E-state index contributed by atoms with van der Waals surface area (Å²) >= 11 is 0. The van der Waals surface area contributed by atoms with Gasteiger partial charge in [0.2, 0.25) is 0 Å². The van der Waals surface area contributed by atoms with Crippen molar-refractivity contribution < 1.29 is 4.74 Å². The standard InChI is InChI=1S/C7H8O.Na/c1-8-7-5-3-2-4-6-7;/h2-6H,1H3;. The van der Waals surface area contributed by atoms with E-state index in [1.54, 1.807) is 7.11 Å². The van der Waals surface area contributed by atoms with Crippen molar-refractivity contribution >= 4 is 29.6 Å². The van der Waals surface area contributed by atoms with Gasteiger partial charge in [0, 0.05) is 29.6 Å². The fourth-order valence-corrected chi connectivity index (χ4v) is 0.557. The molecule has 0 saturated heterocycles. The van der Waals surface area contributed by atoms with E-state index in [1.807, 2.05) is 30.3 Å². The van der Waals surface area contributed by atoms with Gasteiger partial charge in [-0.15, -0.1) is 0 Å². The summed E-state index contributed by atoms with van der Waals surface area (Å²) in [5.41, 5.74) is 0. The Morgan fingerprint density at radius 3 is 2.00 bits per heavy atom. The topological polar surface area (TPSA) is 9.23 Å². The van der Waals surface area contributed by atoms with Gasteiger partial charge >= 0.3 is 0 Å². The van der Waals surface area contributed by atoms with E-state index in [1.165, 1.54) is 0 Å². The van der Waals surface area contributed by atoms with Crippen LogP contribution >= 0.6 is 0 Å². The molecule has 0 amide bonds. The van der Waals surface area contributed by atoms with E-state index in [-0.39, 0.29) is 29.6 Å². The van der Waals surface area contributed by atoms with Crippen molar-refractivity contribution in [3.8, 4) is 5.75 Å². The smallest absolute Gasteiger partial charge is 0.118 e. The van der Waals surface area contributed by atoms with Crippen LogP contribution in [0.1, 0.15) is 0 Å². The molecule has 0 fully saturated rings. The van der Waals surface area contributed by atoms with Gasteiger partial charge in [-0.2, -0.15) is 0 Å². The molecule has 0 spiro atoms. The molecule has 0 bridgehead atoms. The SMILES string of the molecule is COc1ccccc1.[Na]. The number of hydrogen-bond acceptors (Lipinski definition) is 1. The van der Waals surface area contributed by atoms with Crippen molar-refractivity contribution in [3.05, 3.63) is 30.3 Å². The van der Waals surface area contributed by atoms with Gasteiger partial charge in [-0.05, 0) is 12.1 Å². The average Bonchev–Trinajstić information content (AvgIpc) is 1.90. The third-order valence-corrected chi connectivity index (χ3v) is 0.979. The predicted octanol–water partition coefficient (Wildman–Crippen LogP) is 1.31. The van der Waals surface area contributed by atoms with Gasteiger partial charge in [-0.3, -0.25) is 0 Å². The van der Waals surface area contributed by atoms with E-state index in [0.717, 1.165) is 5.75 Å². The fraction of sp³-hybridized carbons (Fsp3) is 0.143. The molecule has 43 valence electrons. The third-order valence-electron chi connectivity index (χ3n) is 0.979. The van der Waals surface area contributed by atoms with Crippen LogP contribution in [0, 0.1) is 0 Å². The van der Waals surface area contributed by atoms with Gasteiger partial charge in [0.15, 0.2) is 0 Å². The first-order chi connectivity index (χ1) is 3.93. The summed E-state index contributed by atoms with van der Waals surface area (Å²) < 4.78 is 4.91. The molecule has 1 nitrogen and oxygen atoms in total. The molecule has 1 radical (unpaired) electrons. The predicted molar refractivity (Wildman–Crippen MR) is 38.7 cm³/mol. The number of rotatable bonds is 1. The number of methoxy groups -OCH3 is 1. The minimum absolute atomic E-state index is 0. The van der Waals surface area contributed by atoms with Crippen LogP contribution in [0.5, 0.6) is 5.75 Å². The van der Waals surface area contributed by atoms with Crippen molar-refractivity contribution in [2.24, 2.45) is 0 Å².